The zero-order chi connectivity index (χ0) is 28.7. The van der Waals surface area contributed by atoms with Gasteiger partial charge in [-0.3, -0.25) is 9.69 Å². The van der Waals surface area contributed by atoms with Crippen LogP contribution >= 0.6 is 0 Å². The largest absolute Gasteiger partial charge is 0.508 e. The number of aliphatic hydroxyl groups excluding tert-OH is 2. The first-order valence-electron chi connectivity index (χ1n) is 14.2. The molecule has 3 aromatic rings. The number of nitrogens with zero attached hydrogens (tertiary/aromatic N) is 2. The van der Waals surface area contributed by atoms with E-state index in [-0.39, 0.29) is 18.3 Å². The second-order valence-electron chi connectivity index (χ2n) is 10.3. The van der Waals surface area contributed by atoms with Gasteiger partial charge in [0.25, 0.3) is 0 Å². The van der Waals surface area contributed by atoms with Crippen molar-refractivity contribution in [1.82, 2.24) is 4.90 Å². The van der Waals surface area contributed by atoms with Crippen LogP contribution in [0.1, 0.15) is 61.0 Å². The highest BCUT2D eigenvalue weighted by atomic mass is 16.5. The quantitative estimate of drug-likeness (QED) is 0.200. The molecule has 7 nitrogen and oxygen atoms in total. The Morgan fingerprint density at radius 2 is 1.62 bits per heavy atom. The van der Waals surface area contributed by atoms with Gasteiger partial charge in [0.15, 0.2) is 0 Å². The number of hydrogen-bond acceptors (Lipinski definition) is 6. The minimum atomic E-state index is -0.714. The van der Waals surface area contributed by atoms with Crippen molar-refractivity contribution in [2.24, 2.45) is 0 Å². The van der Waals surface area contributed by atoms with E-state index in [2.05, 4.69) is 17.0 Å². The SMILES string of the molecule is CC(=O)N(C)c1ccc(CCOCCCCCCN(Cc2ccccc2)CC(O)c2ccc(O)c(CO)c2)cc1. The molecule has 40 heavy (non-hydrogen) atoms. The Bertz CT molecular complexity index is 1150. The van der Waals surface area contributed by atoms with Crippen molar-refractivity contribution in [2.45, 2.75) is 58.3 Å². The zero-order valence-corrected chi connectivity index (χ0v) is 23.8. The third-order valence-corrected chi connectivity index (χ3v) is 7.18. The Hall–Kier alpha value is -3.23. The van der Waals surface area contributed by atoms with Gasteiger partial charge < -0.3 is 25.0 Å². The molecule has 3 rings (SSSR count). The Kier molecular flexibility index (Phi) is 13.1. The normalized spacial score (nSPS) is 12.0. The summed E-state index contributed by atoms with van der Waals surface area (Å²) in [6.07, 6.45) is 4.35. The van der Waals surface area contributed by atoms with Crippen LogP contribution in [0.15, 0.2) is 72.8 Å². The Balaban J connectivity index is 1.36. The van der Waals surface area contributed by atoms with E-state index in [1.165, 1.54) is 17.2 Å². The summed E-state index contributed by atoms with van der Waals surface area (Å²) in [5.74, 6) is 0.0559. The number of benzene rings is 3. The topological polar surface area (TPSA) is 93.5 Å². The van der Waals surface area contributed by atoms with Crippen LogP contribution in [0.5, 0.6) is 5.75 Å². The van der Waals surface area contributed by atoms with Gasteiger partial charge in [-0.15, -0.1) is 0 Å². The molecular formula is C33H44N2O5. The first kappa shape index (κ1) is 31.3. The predicted octanol–water partition coefficient (Wildman–Crippen LogP) is 5.22. The maximum Gasteiger partial charge on any atom is 0.223 e. The molecule has 1 atom stereocenters. The number of unbranched alkanes of at least 4 members (excludes halogenated alkanes) is 3. The molecule has 3 N–H and O–H groups in total. The number of rotatable bonds is 17. The van der Waals surface area contributed by atoms with E-state index >= 15 is 0 Å². The van der Waals surface area contributed by atoms with Crippen LogP contribution in [0.25, 0.3) is 0 Å². The fourth-order valence-corrected chi connectivity index (χ4v) is 4.62. The predicted molar refractivity (Wildman–Crippen MR) is 159 cm³/mol. The van der Waals surface area contributed by atoms with E-state index in [0.29, 0.717) is 24.3 Å². The van der Waals surface area contributed by atoms with E-state index < -0.39 is 6.10 Å². The van der Waals surface area contributed by atoms with E-state index in [9.17, 15) is 20.1 Å². The molecule has 216 valence electrons. The number of carbonyl (C=O) groups excluding carboxylic acids is 1. The van der Waals surface area contributed by atoms with Gasteiger partial charge in [0, 0.05) is 44.9 Å². The van der Waals surface area contributed by atoms with Crippen LogP contribution in [0, 0.1) is 0 Å². The summed E-state index contributed by atoms with van der Waals surface area (Å²) in [5, 5.41) is 30.2. The minimum Gasteiger partial charge on any atom is -0.508 e. The van der Waals surface area contributed by atoms with Crippen LogP contribution < -0.4 is 4.90 Å². The van der Waals surface area contributed by atoms with E-state index in [1.807, 2.05) is 42.5 Å². The van der Waals surface area contributed by atoms with E-state index in [4.69, 9.17) is 4.74 Å². The second-order valence-corrected chi connectivity index (χ2v) is 10.3. The Morgan fingerprint density at radius 3 is 2.33 bits per heavy atom. The summed E-state index contributed by atoms with van der Waals surface area (Å²) in [6, 6.07) is 23.2. The molecule has 1 amide bonds. The van der Waals surface area contributed by atoms with Gasteiger partial charge in [0.1, 0.15) is 5.75 Å². The Labute approximate surface area is 238 Å². The molecule has 0 aliphatic carbocycles. The molecule has 0 bridgehead atoms. The molecule has 0 aromatic heterocycles. The zero-order valence-electron chi connectivity index (χ0n) is 23.8. The summed E-state index contributed by atoms with van der Waals surface area (Å²) in [5.41, 5.74) is 4.40. The van der Waals surface area contributed by atoms with Crippen LogP contribution in [0.2, 0.25) is 0 Å². The maximum absolute atomic E-state index is 11.5. The first-order chi connectivity index (χ1) is 19.4. The average Bonchev–Trinajstić information content (AvgIpc) is 2.96. The molecule has 0 saturated heterocycles. The van der Waals surface area contributed by atoms with Crippen LogP contribution in [-0.4, -0.2) is 59.5 Å². The number of ether oxygens (including phenoxy) is 1. The molecule has 0 aliphatic rings. The highest BCUT2D eigenvalue weighted by Gasteiger charge is 2.16. The fraction of sp³-hybridized carbons (Fsp3) is 0.424. The number of aliphatic hydroxyl groups is 2. The molecule has 1 unspecified atom stereocenters. The molecule has 0 fully saturated rings. The highest BCUT2D eigenvalue weighted by molar-refractivity contribution is 5.90. The van der Waals surface area contributed by atoms with Gasteiger partial charge in [-0.25, -0.2) is 0 Å². The van der Waals surface area contributed by atoms with Crippen molar-refractivity contribution in [3.63, 3.8) is 0 Å². The number of anilines is 1. The van der Waals surface area contributed by atoms with E-state index in [1.54, 1.807) is 31.0 Å². The molecule has 0 spiro atoms. The molecular weight excluding hydrogens is 504 g/mol. The third-order valence-electron chi connectivity index (χ3n) is 7.18. The first-order valence-corrected chi connectivity index (χ1v) is 14.2. The summed E-state index contributed by atoms with van der Waals surface area (Å²) in [4.78, 5) is 15.4. The molecule has 0 saturated carbocycles. The van der Waals surface area contributed by atoms with Gasteiger partial charge in [-0.05, 0) is 66.8 Å². The van der Waals surface area contributed by atoms with Crippen molar-refractivity contribution in [3.05, 3.63) is 95.1 Å². The average molecular weight is 549 g/mol. The number of hydrogen-bond donors (Lipinski definition) is 3. The van der Waals surface area contributed by atoms with Crippen molar-refractivity contribution < 1.29 is 24.9 Å². The maximum atomic E-state index is 11.5. The smallest absolute Gasteiger partial charge is 0.223 e. The summed E-state index contributed by atoms with van der Waals surface area (Å²) < 4.78 is 5.85. The highest BCUT2D eigenvalue weighted by Crippen LogP contribution is 2.24. The number of aromatic hydroxyl groups is 1. The molecule has 0 radical (unpaired) electrons. The summed E-state index contributed by atoms with van der Waals surface area (Å²) in [6.45, 7) is 4.80. The van der Waals surface area contributed by atoms with Crippen molar-refractivity contribution in [1.29, 1.82) is 0 Å². The molecule has 3 aromatic carbocycles. The lowest BCUT2D eigenvalue weighted by Gasteiger charge is -2.26. The number of amides is 1. The van der Waals surface area contributed by atoms with Crippen LogP contribution in [0.4, 0.5) is 5.69 Å². The Morgan fingerprint density at radius 1 is 0.900 bits per heavy atom. The van der Waals surface area contributed by atoms with Crippen molar-refractivity contribution in [3.8, 4) is 5.75 Å². The second kappa shape index (κ2) is 16.8. The standard InChI is InChI=1S/C33H44N2O5/c1-26(37)34(2)31-15-12-27(13-16-31)18-21-40-20-9-4-3-8-19-35(23-28-10-6-5-7-11-28)24-33(39)29-14-17-32(38)30(22-29)25-36/h5-7,10-17,22,33,36,38-39H,3-4,8-9,18-21,23-25H2,1-2H3. The summed E-state index contributed by atoms with van der Waals surface area (Å²) in [7, 11) is 1.77. The molecule has 0 aliphatic heterocycles. The van der Waals surface area contributed by atoms with Gasteiger partial charge >= 0.3 is 0 Å². The molecule has 0 heterocycles. The summed E-state index contributed by atoms with van der Waals surface area (Å²) >= 11 is 0. The third kappa shape index (κ3) is 10.4. The van der Waals surface area contributed by atoms with Crippen molar-refractivity contribution >= 4 is 11.6 Å². The lowest BCUT2D eigenvalue weighted by atomic mass is 10.0. The lowest BCUT2D eigenvalue weighted by Crippen LogP contribution is -2.29. The number of phenols is 1. The van der Waals surface area contributed by atoms with Crippen LogP contribution in [-0.2, 0) is 29.1 Å². The monoisotopic (exact) mass is 548 g/mol. The van der Waals surface area contributed by atoms with Gasteiger partial charge in [-0.1, -0.05) is 61.4 Å². The fourth-order valence-electron chi connectivity index (χ4n) is 4.62. The van der Waals surface area contributed by atoms with Gasteiger partial charge in [-0.2, -0.15) is 0 Å². The van der Waals surface area contributed by atoms with E-state index in [0.717, 1.165) is 57.5 Å². The van der Waals surface area contributed by atoms with Crippen molar-refractivity contribution in [2.75, 3.05) is 38.3 Å². The minimum absolute atomic E-state index is 0.0176. The van der Waals surface area contributed by atoms with Crippen LogP contribution in [0.3, 0.4) is 0 Å². The lowest BCUT2D eigenvalue weighted by molar-refractivity contribution is -0.116. The van der Waals surface area contributed by atoms with Gasteiger partial charge in [0.2, 0.25) is 5.91 Å². The number of carbonyl (C=O) groups is 1. The van der Waals surface area contributed by atoms with Gasteiger partial charge in [0.05, 0.1) is 19.3 Å². The molecule has 7 heteroatoms.